The summed E-state index contributed by atoms with van der Waals surface area (Å²) in [6, 6.07) is 1.90. The average Bonchev–Trinajstić information content (AvgIpc) is 2.33. The third-order valence-corrected chi connectivity index (χ3v) is 2.45. The van der Waals surface area contributed by atoms with Gasteiger partial charge in [-0.05, 0) is 25.5 Å². The number of aromatic nitrogens is 2. The van der Waals surface area contributed by atoms with Crippen molar-refractivity contribution in [2.45, 2.75) is 13.8 Å². The second-order valence-electron chi connectivity index (χ2n) is 3.77. The molecule has 0 bridgehead atoms. The number of nitrogens with zero attached hydrogens (tertiary/aromatic N) is 4. The highest BCUT2D eigenvalue weighted by Gasteiger charge is 2.20. The Morgan fingerprint density at radius 3 is 2.88 bits per heavy atom. The molecule has 1 aliphatic rings. The minimum absolute atomic E-state index is 0.431. The Hall–Kier alpha value is -2.35. The van der Waals surface area contributed by atoms with E-state index in [9.17, 15) is 4.79 Å². The van der Waals surface area contributed by atoms with Gasteiger partial charge in [0.2, 0.25) is 0 Å². The molecule has 0 radical (unpaired) electrons. The number of allylic oxidation sites excluding steroid dienone is 1. The number of aliphatic imine (C=N–C) groups is 1. The lowest BCUT2D eigenvalue weighted by molar-refractivity contribution is -0.118. The van der Waals surface area contributed by atoms with Crippen molar-refractivity contribution < 1.29 is 4.79 Å². The van der Waals surface area contributed by atoms with Gasteiger partial charge in [-0.3, -0.25) is 4.79 Å². The van der Waals surface area contributed by atoms with Crippen molar-refractivity contribution in [2.75, 3.05) is 0 Å². The summed E-state index contributed by atoms with van der Waals surface area (Å²) < 4.78 is 0. The third kappa shape index (κ3) is 2.11. The van der Waals surface area contributed by atoms with Gasteiger partial charge in [-0.15, -0.1) is 0 Å². The fourth-order valence-electron chi connectivity index (χ4n) is 1.56. The molecule has 0 saturated carbocycles. The van der Waals surface area contributed by atoms with Crippen molar-refractivity contribution >= 4 is 17.7 Å². The summed E-state index contributed by atoms with van der Waals surface area (Å²) in [5, 5.41) is 8.83. The number of carbonyl (C=O) groups is 1. The standard InChI is InChI=1S/C12H10N4O/c1-7-5-14-8(2)16-11(7)10-3-9(4-13)12(17)15-6-10/h3,5-6,9H,1-2H3. The number of amides is 1. The SMILES string of the molecule is Cc1ncc(C)c(C2=CC(C#N)C(=O)N=C2)n1. The molecule has 0 aliphatic carbocycles. The Kier molecular flexibility index (Phi) is 2.79. The van der Waals surface area contributed by atoms with Crippen LogP contribution in [-0.2, 0) is 4.79 Å². The normalized spacial score (nSPS) is 18.8. The molecule has 0 spiro atoms. The number of nitriles is 1. The zero-order valence-electron chi connectivity index (χ0n) is 9.51. The molecule has 1 unspecified atom stereocenters. The van der Waals surface area contributed by atoms with Crippen molar-refractivity contribution in [2.24, 2.45) is 10.9 Å². The number of rotatable bonds is 1. The summed E-state index contributed by atoms with van der Waals surface area (Å²) >= 11 is 0. The highest BCUT2D eigenvalue weighted by atomic mass is 16.1. The van der Waals surface area contributed by atoms with E-state index in [1.165, 1.54) is 6.21 Å². The largest absolute Gasteiger partial charge is 0.271 e. The van der Waals surface area contributed by atoms with Crippen LogP contribution in [0, 0.1) is 31.1 Å². The average molecular weight is 226 g/mol. The lowest BCUT2D eigenvalue weighted by atomic mass is 10.00. The summed E-state index contributed by atoms with van der Waals surface area (Å²) in [6.45, 7) is 3.66. The van der Waals surface area contributed by atoms with E-state index in [-0.39, 0.29) is 0 Å². The molecule has 1 aromatic heterocycles. The molecule has 1 atom stereocenters. The lowest BCUT2D eigenvalue weighted by Crippen LogP contribution is -2.14. The van der Waals surface area contributed by atoms with Gasteiger partial charge >= 0.3 is 0 Å². The maximum atomic E-state index is 11.3. The molecule has 17 heavy (non-hydrogen) atoms. The quantitative estimate of drug-likeness (QED) is 0.721. The monoisotopic (exact) mass is 226 g/mol. The van der Waals surface area contributed by atoms with Crippen LogP contribution >= 0.6 is 0 Å². The van der Waals surface area contributed by atoms with Crippen LogP contribution in [0.25, 0.3) is 5.57 Å². The molecular weight excluding hydrogens is 216 g/mol. The van der Waals surface area contributed by atoms with Crippen LogP contribution in [0.3, 0.4) is 0 Å². The van der Waals surface area contributed by atoms with E-state index >= 15 is 0 Å². The molecule has 84 valence electrons. The molecule has 1 aromatic rings. The van der Waals surface area contributed by atoms with Gasteiger partial charge in [0.1, 0.15) is 11.7 Å². The van der Waals surface area contributed by atoms with Gasteiger partial charge in [-0.2, -0.15) is 5.26 Å². The summed E-state index contributed by atoms with van der Waals surface area (Å²) in [7, 11) is 0. The van der Waals surface area contributed by atoms with E-state index in [4.69, 9.17) is 5.26 Å². The molecule has 0 fully saturated rings. The summed E-state index contributed by atoms with van der Waals surface area (Å²) in [6.07, 6.45) is 4.75. The second kappa shape index (κ2) is 4.26. The van der Waals surface area contributed by atoms with Crippen LogP contribution in [0.15, 0.2) is 17.3 Å². The lowest BCUT2D eigenvalue weighted by Gasteiger charge is -2.10. The first-order chi connectivity index (χ1) is 8.11. The predicted molar refractivity (Wildman–Crippen MR) is 62.1 cm³/mol. The number of dihydropyridines is 1. The van der Waals surface area contributed by atoms with Gasteiger partial charge in [0, 0.05) is 18.0 Å². The minimum Gasteiger partial charge on any atom is -0.271 e. The van der Waals surface area contributed by atoms with Crippen LogP contribution in [-0.4, -0.2) is 22.1 Å². The number of aryl methyl sites for hydroxylation is 2. The topological polar surface area (TPSA) is 79.0 Å². The van der Waals surface area contributed by atoms with Gasteiger partial charge in [-0.1, -0.05) is 0 Å². The van der Waals surface area contributed by atoms with E-state index in [2.05, 4.69) is 15.0 Å². The molecule has 5 nitrogen and oxygen atoms in total. The Balaban J connectivity index is 2.48. The molecule has 0 saturated heterocycles. The van der Waals surface area contributed by atoms with Gasteiger partial charge < -0.3 is 0 Å². The molecule has 0 N–H and O–H groups in total. The maximum absolute atomic E-state index is 11.3. The first-order valence-corrected chi connectivity index (χ1v) is 5.12. The second-order valence-corrected chi connectivity index (χ2v) is 3.77. The summed E-state index contributed by atoms with van der Waals surface area (Å²) in [5.74, 6) is -0.602. The predicted octanol–water partition coefficient (Wildman–Crippen LogP) is 1.23. The Morgan fingerprint density at radius 2 is 2.18 bits per heavy atom. The van der Waals surface area contributed by atoms with E-state index in [0.29, 0.717) is 17.1 Å². The fourth-order valence-corrected chi connectivity index (χ4v) is 1.56. The zero-order valence-corrected chi connectivity index (χ0v) is 9.51. The summed E-state index contributed by atoms with van der Waals surface area (Å²) in [4.78, 5) is 23.3. The van der Waals surface area contributed by atoms with Crippen molar-refractivity contribution in [3.63, 3.8) is 0 Å². The Labute approximate surface area is 98.5 Å². The number of hydrogen-bond acceptors (Lipinski definition) is 4. The fraction of sp³-hybridized carbons (Fsp3) is 0.250. The molecule has 1 amide bonds. The first kappa shape index (κ1) is 11.1. The third-order valence-electron chi connectivity index (χ3n) is 2.45. The number of hydrogen-bond donors (Lipinski definition) is 0. The molecule has 2 heterocycles. The van der Waals surface area contributed by atoms with E-state index in [1.807, 2.05) is 13.0 Å². The molecule has 2 rings (SSSR count). The maximum Gasteiger partial charge on any atom is 0.266 e. The van der Waals surface area contributed by atoms with Crippen molar-refractivity contribution in [3.05, 3.63) is 29.4 Å². The van der Waals surface area contributed by atoms with Crippen molar-refractivity contribution in [1.82, 2.24) is 9.97 Å². The summed E-state index contributed by atoms with van der Waals surface area (Å²) in [5.41, 5.74) is 2.30. The van der Waals surface area contributed by atoms with Crippen LogP contribution in [0.1, 0.15) is 17.1 Å². The Bertz CT molecular complexity index is 581. The smallest absolute Gasteiger partial charge is 0.266 e. The van der Waals surface area contributed by atoms with Gasteiger partial charge in [0.15, 0.2) is 0 Å². The van der Waals surface area contributed by atoms with Crippen molar-refractivity contribution in [3.8, 4) is 6.07 Å². The van der Waals surface area contributed by atoms with Crippen LogP contribution in [0.5, 0.6) is 0 Å². The van der Waals surface area contributed by atoms with Gasteiger partial charge in [0.05, 0.1) is 11.8 Å². The minimum atomic E-state index is -0.815. The van der Waals surface area contributed by atoms with Crippen LogP contribution < -0.4 is 0 Å². The van der Waals surface area contributed by atoms with Crippen LogP contribution in [0.4, 0.5) is 0 Å². The molecular formula is C12H10N4O. The molecule has 1 aliphatic heterocycles. The zero-order chi connectivity index (χ0) is 12.4. The Morgan fingerprint density at radius 1 is 1.41 bits per heavy atom. The van der Waals surface area contributed by atoms with Crippen molar-refractivity contribution in [1.29, 1.82) is 5.26 Å². The van der Waals surface area contributed by atoms with E-state index in [0.717, 1.165) is 5.56 Å². The molecule has 5 heteroatoms. The van der Waals surface area contributed by atoms with Crippen LogP contribution in [0.2, 0.25) is 0 Å². The number of carbonyl (C=O) groups excluding carboxylic acids is 1. The van der Waals surface area contributed by atoms with Gasteiger partial charge in [0.25, 0.3) is 5.91 Å². The van der Waals surface area contributed by atoms with E-state index < -0.39 is 11.8 Å². The first-order valence-electron chi connectivity index (χ1n) is 5.12. The highest BCUT2D eigenvalue weighted by Crippen LogP contribution is 2.20. The molecule has 0 aromatic carbocycles. The highest BCUT2D eigenvalue weighted by molar-refractivity contribution is 6.16. The van der Waals surface area contributed by atoms with Gasteiger partial charge in [-0.25, -0.2) is 15.0 Å². The van der Waals surface area contributed by atoms with E-state index in [1.54, 1.807) is 19.2 Å².